The maximum Gasteiger partial charge on any atom is 0.110 e. The van der Waals surface area contributed by atoms with Crippen molar-refractivity contribution in [2.45, 2.75) is 52.0 Å². The topological polar surface area (TPSA) is 50.7 Å². The highest BCUT2D eigenvalue weighted by atomic mass is 32.1. The predicted octanol–water partition coefficient (Wildman–Crippen LogP) is 3.01. The summed E-state index contributed by atoms with van der Waals surface area (Å²) < 4.78 is 0. The molecule has 0 fully saturated rings. The van der Waals surface area contributed by atoms with Crippen molar-refractivity contribution < 1.29 is 0 Å². The molecule has 21 heavy (non-hydrogen) atoms. The SMILES string of the molecule is Cc1cnc(CCNC(C)c2nc3c(s2)CCCC3)cn1. The Kier molecular flexibility index (Phi) is 4.60. The van der Waals surface area contributed by atoms with Crippen LogP contribution in [-0.2, 0) is 19.3 Å². The molecule has 112 valence electrons. The molecule has 1 aliphatic rings. The standard InChI is InChI=1S/C16H22N4S/c1-11-9-19-13(10-18-11)7-8-17-12(2)16-20-14-5-3-4-6-15(14)21-16/h9-10,12,17H,3-8H2,1-2H3. The van der Waals surface area contributed by atoms with Crippen LogP contribution in [0.1, 0.15) is 52.8 Å². The van der Waals surface area contributed by atoms with Crippen molar-refractivity contribution in [2.75, 3.05) is 6.54 Å². The van der Waals surface area contributed by atoms with Crippen LogP contribution in [0.2, 0.25) is 0 Å². The second-order valence-corrected chi connectivity index (χ2v) is 6.82. The minimum absolute atomic E-state index is 0.319. The summed E-state index contributed by atoms with van der Waals surface area (Å²) >= 11 is 1.89. The van der Waals surface area contributed by atoms with Crippen LogP contribution >= 0.6 is 11.3 Å². The van der Waals surface area contributed by atoms with Crippen molar-refractivity contribution in [1.29, 1.82) is 0 Å². The Morgan fingerprint density at radius 2 is 2.10 bits per heavy atom. The van der Waals surface area contributed by atoms with Gasteiger partial charge in [-0.1, -0.05) is 0 Å². The number of rotatable bonds is 5. The van der Waals surface area contributed by atoms with Crippen LogP contribution in [0, 0.1) is 6.92 Å². The van der Waals surface area contributed by atoms with Crippen LogP contribution in [0.3, 0.4) is 0 Å². The summed E-state index contributed by atoms with van der Waals surface area (Å²) in [6.45, 7) is 5.07. The van der Waals surface area contributed by atoms with Gasteiger partial charge < -0.3 is 5.32 Å². The van der Waals surface area contributed by atoms with E-state index in [-0.39, 0.29) is 0 Å². The molecule has 2 aromatic heterocycles. The summed E-state index contributed by atoms with van der Waals surface area (Å²) in [5.41, 5.74) is 3.35. The fourth-order valence-corrected chi connectivity index (χ4v) is 3.79. The van der Waals surface area contributed by atoms with Gasteiger partial charge in [0.25, 0.3) is 0 Å². The Morgan fingerprint density at radius 1 is 1.24 bits per heavy atom. The van der Waals surface area contributed by atoms with Crippen LogP contribution in [0.5, 0.6) is 0 Å². The van der Waals surface area contributed by atoms with E-state index in [9.17, 15) is 0 Å². The molecule has 0 spiro atoms. The van der Waals surface area contributed by atoms with Crippen LogP contribution in [0.4, 0.5) is 0 Å². The molecule has 2 heterocycles. The molecule has 1 N–H and O–H groups in total. The molecular weight excluding hydrogens is 280 g/mol. The van der Waals surface area contributed by atoms with E-state index in [2.05, 4.69) is 22.2 Å². The lowest BCUT2D eigenvalue weighted by Crippen LogP contribution is -2.21. The molecule has 3 rings (SSSR count). The fraction of sp³-hybridized carbons (Fsp3) is 0.562. The Morgan fingerprint density at radius 3 is 2.86 bits per heavy atom. The summed E-state index contributed by atoms with van der Waals surface area (Å²) in [7, 11) is 0. The van der Waals surface area contributed by atoms with Gasteiger partial charge >= 0.3 is 0 Å². The third-order valence-electron chi connectivity index (χ3n) is 3.90. The first-order chi connectivity index (χ1) is 10.2. The highest BCUT2D eigenvalue weighted by Gasteiger charge is 2.17. The number of nitrogens with one attached hydrogen (secondary N) is 1. The molecule has 0 aliphatic heterocycles. The third-order valence-corrected chi connectivity index (χ3v) is 5.24. The monoisotopic (exact) mass is 302 g/mol. The highest BCUT2D eigenvalue weighted by molar-refractivity contribution is 7.11. The first-order valence-corrected chi connectivity index (χ1v) is 8.53. The van der Waals surface area contributed by atoms with Gasteiger partial charge in [0, 0.05) is 30.2 Å². The molecule has 0 saturated carbocycles. The maximum absolute atomic E-state index is 4.82. The van der Waals surface area contributed by atoms with Crippen LogP contribution in [0.25, 0.3) is 0 Å². The molecule has 0 saturated heterocycles. The zero-order valence-electron chi connectivity index (χ0n) is 12.7. The second kappa shape index (κ2) is 6.62. The summed E-state index contributed by atoms with van der Waals surface area (Å²) in [6.07, 6.45) is 9.60. The van der Waals surface area contributed by atoms with E-state index >= 15 is 0 Å². The first kappa shape index (κ1) is 14.6. The summed E-state index contributed by atoms with van der Waals surface area (Å²) in [4.78, 5) is 15.0. The van der Waals surface area contributed by atoms with Gasteiger partial charge in [-0.05, 0) is 39.5 Å². The molecule has 0 radical (unpaired) electrons. The van der Waals surface area contributed by atoms with Crippen LogP contribution in [-0.4, -0.2) is 21.5 Å². The zero-order valence-corrected chi connectivity index (χ0v) is 13.5. The van der Waals surface area contributed by atoms with Gasteiger partial charge in [0.15, 0.2) is 0 Å². The molecule has 1 unspecified atom stereocenters. The fourth-order valence-electron chi connectivity index (χ4n) is 2.61. The van der Waals surface area contributed by atoms with Crippen molar-refractivity contribution >= 4 is 11.3 Å². The molecule has 0 amide bonds. The summed E-state index contributed by atoms with van der Waals surface area (Å²) in [5, 5.41) is 4.78. The first-order valence-electron chi connectivity index (χ1n) is 7.72. The third kappa shape index (κ3) is 3.66. The maximum atomic E-state index is 4.82. The van der Waals surface area contributed by atoms with Crippen molar-refractivity contribution in [2.24, 2.45) is 0 Å². The zero-order chi connectivity index (χ0) is 14.7. The molecule has 1 atom stereocenters. The lowest BCUT2D eigenvalue weighted by atomic mass is 10.0. The Bertz CT molecular complexity index is 567. The van der Waals surface area contributed by atoms with Crippen LogP contribution in [0.15, 0.2) is 12.4 Å². The van der Waals surface area contributed by atoms with Gasteiger partial charge in [-0.2, -0.15) is 0 Å². The number of fused-ring (bicyclic) bond motifs is 1. The van der Waals surface area contributed by atoms with Crippen molar-refractivity contribution in [1.82, 2.24) is 20.3 Å². The van der Waals surface area contributed by atoms with Crippen molar-refractivity contribution in [3.8, 4) is 0 Å². The van der Waals surface area contributed by atoms with Crippen LogP contribution < -0.4 is 5.32 Å². The Labute approximate surface area is 130 Å². The summed E-state index contributed by atoms with van der Waals surface area (Å²) in [5.74, 6) is 0. The number of nitrogens with zero attached hydrogens (tertiary/aromatic N) is 3. The summed E-state index contributed by atoms with van der Waals surface area (Å²) in [6, 6.07) is 0.319. The molecule has 4 nitrogen and oxygen atoms in total. The van der Waals surface area contributed by atoms with Gasteiger partial charge in [0.05, 0.1) is 23.1 Å². The predicted molar refractivity (Wildman–Crippen MR) is 85.6 cm³/mol. The van der Waals surface area contributed by atoms with E-state index in [0.29, 0.717) is 6.04 Å². The van der Waals surface area contributed by atoms with Gasteiger partial charge in [-0.25, -0.2) is 4.98 Å². The number of hydrogen-bond donors (Lipinski definition) is 1. The lowest BCUT2D eigenvalue weighted by Gasteiger charge is -2.10. The second-order valence-electron chi connectivity index (χ2n) is 5.70. The molecule has 5 heteroatoms. The molecular formula is C16H22N4S. The average Bonchev–Trinajstić information content (AvgIpc) is 2.93. The Hall–Kier alpha value is -1.33. The quantitative estimate of drug-likeness (QED) is 0.922. The number of hydrogen-bond acceptors (Lipinski definition) is 5. The van der Waals surface area contributed by atoms with E-state index < -0.39 is 0 Å². The lowest BCUT2D eigenvalue weighted by molar-refractivity contribution is 0.568. The van der Waals surface area contributed by atoms with Gasteiger partial charge in [0.1, 0.15) is 5.01 Å². The molecule has 1 aliphatic carbocycles. The van der Waals surface area contributed by atoms with E-state index in [1.54, 1.807) is 0 Å². The van der Waals surface area contributed by atoms with Gasteiger partial charge in [-0.3, -0.25) is 9.97 Å². The molecule has 2 aromatic rings. The number of thiazole rings is 1. The Balaban J connectivity index is 1.53. The molecule has 0 bridgehead atoms. The van der Waals surface area contributed by atoms with Gasteiger partial charge in [0.2, 0.25) is 0 Å². The smallest absolute Gasteiger partial charge is 0.110 e. The van der Waals surface area contributed by atoms with E-state index in [0.717, 1.165) is 30.8 Å². The minimum atomic E-state index is 0.319. The number of aromatic nitrogens is 3. The molecule has 0 aromatic carbocycles. The highest BCUT2D eigenvalue weighted by Crippen LogP contribution is 2.29. The number of aryl methyl sites for hydroxylation is 3. The average molecular weight is 302 g/mol. The van der Waals surface area contributed by atoms with Crippen molar-refractivity contribution in [3.63, 3.8) is 0 Å². The van der Waals surface area contributed by atoms with E-state index in [1.165, 1.54) is 34.8 Å². The largest absolute Gasteiger partial charge is 0.308 e. The minimum Gasteiger partial charge on any atom is -0.308 e. The van der Waals surface area contributed by atoms with E-state index in [4.69, 9.17) is 4.98 Å². The van der Waals surface area contributed by atoms with E-state index in [1.807, 2.05) is 30.7 Å². The van der Waals surface area contributed by atoms with Crippen molar-refractivity contribution in [3.05, 3.63) is 39.4 Å². The normalized spacial score (nSPS) is 15.7. The van der Waals surface area contributed by atoms with Gasteiger partial charge in [-0.15, -0.1) is 11.3 Å².